The number of hydrogen-bond donors (Lipinski definition) is 1. The number of carbonyl (C=O) groups is 2. The van der Waals surface area contributed by atoms with Crippen LogP contribution in [0.5, 0.6) is 0 Å². The van der Waals surface area contributed by atoms with Gasteiger partial charge in [0.25, 0.3) is 0 Å². The molecule has 1 N–H and O–H groups in total. The highest BCUT2D eigenvalue weighted by atomic mass is 16.2. The topological polar surface area (TPSA) is 81.7 Å². The van der Waals surface area contributed by atoms with Crippen LogP contribution in [0.1, 0.15) is 13.8 Å². The summed E-state index contributed by atoms with van der Waals surface area (Å²) in [6.07, 6.45) is 3.44. The summed E-state index contributed by atoms with van der Waals surface area (Å²) >= 11 is 0. The molecule has 0 unspecified atom stereocenters. The second-order valence-electron chi connectivity index (χ2n) is 6.31. The fourth-order valence-corrected chi connectivity index (χ4v) is 2.61. The van der Waals surface area contributed by atoms with E-state index in [4.69, 9.17) is 0 Å². The Morgan fingerprint density at radius 3 is 2.38 bits per heavy atom. The predicted molar refractivity (Wildman–Crippen MR) is 91.6 cm³/mol. The van der Waals surface area contributed by atoms with Crippen molar-refractivity contribution in [1.29, 1.82) is 0 Å². The molecule has 1 aliphatic rings. The molecule has 8 nitrogen and oxygen atoms in total. The summed E-state index contributed by atoms with van der Waals surface area (Å²) in [4.78, 5) is 38.2. The summed E-state index contributed by atoms with van der Waals surface area (Å²) in [5.74, 6) is 0.682. The van der Waals surface area contributed by atoms with Gasteiger partial charge in [0.05, 0.1) is 13.1 Å². The first-order valence-electron chi connectivity index (χ1n) is 8.23. The number of nitrogens with zero attached hydrogens (tertiary/aromatic N) is 5. The summed E-state index contributed by atoms with van der Waals surface area (Å²) in [6.45, 7) is 7.01. The van der Waals surface area contributed by atoms with Crippen LogP contribution in [0.4, 0.5) is 5.95 Å². The van der Waals surface area contributed by atoms with Crippen molar-refractivity contribution in [3.05, 3.63) is 18.5 Å². The minimum Gasteiger partial charge on any atom is -0.353 e. The standard InChI is InChI=1S/C16H26N6O2/c1-13(2)19-14(23)11-20(3)12-15(24)21-7-9-22(10-8-21)16-17-5-4-6-18-16/h4-6,13H,7-12H2,1-3H3,(H,19,23). The van der Waals surface area contributed by atoms with Crippen LogP contribution in [0.15, 0.2) is 18.5 Å². The Bertz CT molecular complexity index is 543. The number of likely N-dealkylation sites (N-methyl/N-ethyl adjacent to an activating group) is 1. The molecule has 24 heavy (non-hydrogen) atoms. The lowest BCUT2D eigenvalue weighted by atomic mass is 10.3. The van der Waals surface area contributed by atoms with Crippen molar-refractivity contribution in [3.8, 4) is 0 Å². The molecule has 0 bridgehead atoms. The van der Waals surface area contributed by atoms with Gasteiger partial charge in [-0.1, -0.05) is 0 Å². The highest BCUT2D eigenvalue weighted by Gasteiger charge is 2.23. The first-order valence-corrected chi connectivity index (χ1v) is 8.23. The van der Waals surface area contributed by atoms with Crippen LogP contribution in [-0.2, 0) is 9.59 Å². The van der Waals surface area contributed by atoms with Gasteiger partial charge in [-0.25, -0.2) is 9.97 Å². The predicted octanol–water partition coefficient (Wildman–Crippen LogP) is -0.418. The lowest BCUT2D eigenvalue weighted by Gasteiger charge is -2.35. The number of nitrogens with one attached hydrogen (secondary N) is 1. The van der Waals surface area contributed by atoms with Crippen LogP contribution < -0.4 is 10.2 Å². The highest BCUT2D eigenvalue weighted by Crippen LogP contribution is 2.09. The number of hydrogen-bond acceptors (Lipinski definition) is 6. The Hall–Kier alpha value is -2.22. The molecule has 1 fully saturated rings. The fourth-order valence-electron chi connectivity index (χ4n) is 2.61. The van der Waals surface area contributed by atoms with E-state index in [0.717, 1.165) is 0 Å². The van der Waals surface area contributed by atoms with Crippen LogP contribution in [0.25, 0.3) is 0 Å². The third-order valence-electron chi connectivity index (χ3n) is 3.74. The molecule has 1 aromatic heterocycles. The molecule has 8 heteroatoms. The monoisotopic (exact) mass is 334 g/mol. The maximum Gasteiger partial charge on any atom is 0.236 e. The van der Waals surface area contributed by atoms with Crippen LogP contribution in [-0.4, -0.2) is 83.9 Å². The van der Waals surface area contributed by atoms with Crippen molar-refractivity contribution in [2.75, 3.05) is 51.2 Å². The number of aromatic nitrogens is 2. The van der Waals surface area contributed by atoms with Gasteiger partial charge >= 0.3 is 0 Å². The van der Waals surface area contributed by atoms with E-state index >= 15 is 0 Å². The molecule has 0 spiro atoms. The lowest BCUT2D eigenvalue weighted by molar-refractivity contribution is -0.133. The number of carbonyl (C=O) groups excluding carboxylic acids is 2. The van der Waals surface area contributed by atoms with E-state index in [1.54, 1.807) is 30.4 Å². The molecule has 2 rings (SSSR count). The Kier molecular flexibility index (Phi) is 6.48. The average Bonchev–Trinajstić information content (AvgIpc) is 2.54. The third-order valence-corrected chi connectivity index (χ3v) is 3.74. The molecular formula is C16H26N6O2. The zero-order valence-corrected chi connectivity index (χ0v) is 14.6. The number of anilines is 1. The van der Waals surface area contributed by atoms with E-state index in [-0.39, 0.29) is 30.9 Å². The Morgan fingerprint density at radius 1 is 1.17 bits per heavy atom. The smallest absolute Gasteiger partial charge is 0.236 e. The zero-order valence-electron chi connectivity index (χ0n) is 14.6. The summed E-state index contributed by atoms with van der Waals surface area (Å²) in [7, 11) is 1.78. The Morgan fingerprint density at radius 2 is 1.79 bits per heavy atom. The number of piperazine rings is 1. The van der Waals surface area contributed by atoms with Crippen molar-refractivity contribution >= 4 is 17.8 Å². The summed E-state index contributed by atoms with van der Waals surface area (Å²) in [5, 5.41) is 2.82. The lowest BCUT2D eigenvalue weighted by Crippen LogP contribution is -2.52. The van der Waals surface area contributed by atoms with Crippen molar-refractivity contribution in [1.82, 2.24) is 25.1 Å². The minimum atomic E-state index is -0.0636. The minimum absolute atomic E-state index is 0.0449. The molecule has 2 amide bonds. The van der Waals surface area contributed by atoms with E-state index < -0.39 is 0 Å². The average molecular weight is 334 g/mol. The van der Waals surface area contributed by atoms with Gasteiger partial charge in [-0.15, -0.1) is 0 Å². The van der Waals surface area contributed by atoms with E-state index in [0.29, 0.717) is 32.1 Å². The van der Waals surface area contributed by atoms with Gasteiger partial charge in [0, 0.05) is 44.6 Å². The maximum atomic E-state index is 12.4. The third kappa shape index (κ3) is 5.45. The Balaban J connectivity index is 1.75. The SMILES string of the molecule is CC(C)NC(=O)CN(C)CC(=O)N1CCN(c2ncccn2)CC1. The molecule has 0 radical (unpaired) electrons. The van der Waals surface area contributed by atoms with E-state index in [9.17, 15) is 9.59 Å². The zero-order chi connectivity index (χ0) is 17.5. The summed E-state index contributed by atoms with van der Waals surface area (Å²) in [6, 6.07) is 1.89. The van der Waals surface area contributed by atoms with Crippen LogP contribution >= 0.6 is 0 Å². The second-order valence-corrected chi connectivity index (χ2v) is 6.31. The van der Waals surface area contributed by atoms with Crippen LogP contribution in [0.2, 0.25) is 0 Å². The molecule has 1 saturated heterocycles. The maximum absolute atomic E-state index is 12.4. The van der Waals surface area contributed by atoms with Gasteiger partial charge in [0.2, 0.25) is 17.8 Å². The fraction of sp³-hybridized carbons (Fsp3) is 0.625. The summed E-state index contributed by atoms with van der Waals surface area (Å²) < 4.78 is 0. The van der Waals surface area contributed by atoms with Gasteiger partial charge < -0.3 is 15.1 Å². The Labute approximate surface area is 142 Å². The van der Waals surface area contributed by atoms with Gasteiger partial charge in [-0.2, -0.15) is 0 Å². The normalized spacial score (nSPS) is 15.0. The quantitative estimate of drug-likeness (QED) is 0.761. The van der Waals surface area contributed by atoms with Crippen molar-refractivity contribution < 1.29 is 9.59 Å². The molecule has 0 aliphatic carbocycles. The largest absolute Gasteiger partial charge is 0.353 e. The molecule has 0 aromatic carbocycles. The summed E-state index contributed by atoms with van der Waals surface area (Å²) in [5.41, 5.74) is 0. The second kappa shape index (κ2) is 8.58. The molecule has 1 aliphatic heterocycles. The highest BCUT2D eigenvalue weighted by molar-refractivity contribution is 5.81. The molecule has 2 heterocycles. The van der Waals surface area contributed by atoms with Crippen LogP contribution in [0, 0.1) is 0 Å². The molecule has 0 saturated carbocycles. The van der Waals surface area contributed by atoms with E-state index in [1.165, 1.54) is 0 Å². The molecular weight excluding hydrogens is 308 g/mol. The first kappa shape index (κ1) is 18.1. The van der Waals surface area contributed by atoms with Crippen LogP contribution in [0.3, 0.4) is 0 Å². The first-order chi connectivity index (χ1) is 11.5. The number of amides is 2. The van der Waals surface area contributed by atoms with Gasteiger partial charge in [-0.05, 0) is 27.0 Å². The molecule has 1 aromatic rings. The number of rotatable bonds is 6. The molecule has 0 atom stereocenters. The molecule has 132 valence electrons. The van der Waals surface area contributed by atoms with E-state index in [1.807, 2.05) is 18.7 Å². The van der Waals surface area contributed by atoms with E-state index in [2.05, 4.69) is 20.2 Å². The van der Waals surface area contributed by atoms with Crippen molar-refractivity contribution in [3.63, 3.8) is 0 Å². The van der Waals surface area contributed by atoms with Gasteiger partial charge in [-0.3, -0.25) is 14.5 Å². The van der Waals surface area contributed by atoms with Gasteiger partial charge in [0.15, 0.2) is 0 Å². The van der Waals surface area contributed by atoms with Crippen molar-refractivity contribution in [2.24, 2.45) is 0 Å². The van der Waals surface area contributed by atoms with Gasteiger partial charge in [0.1, 0.15) is 0 Å². The van der Waals surface area contributed by atoms with Crippen molar-refractivity contribution in [2.45, 2.75) is 19.9 Å².